The molecule has 2 aromatic heterocycles. The quantitative estimate of drug-likeness (QED) is 0.617. The zero-order chi connectivity index (χ0) is 20.5. The lowest BCUT2D eigenvalue weighted by Crippen LogP contribution is -2.33. The van der Waals surface area contributed by atoms with Crippen LogP contribution in [-0.2, 0) is 16.0 Å². The van der Waals surface area contributed by atoms with Crippen LogP contribution in [-0.4, -0.2) is 39.8 Å². The molecule has 3 heterocycles. The maximum atomic E-state index is 12.5. The van der Waals surface area contributed by atoms with Gasteiger partial charge in [-0.3, -0.25) is 4.79 Å². The van der Waals surface area contributed by atoms with Gasteiger partial charge in [0.1, 0.15) is 0 Å². The molecule has 0 aliphatic carbocycles. The average molecular weight is 411 g/mol. The number of nitrogens with zero attached hydrogens (tertiary/aromatic N) is 4. The second-order valence-electron chi connectivity index (χ2n) is 6.84. The van der Waals surface area contributed by atoms with Crippen molar-refractivity contribution in [1.29, 1.82) is 0 Å². The number of halogens is 1. The van der Waals surface area contributed by atoms with Crippen molar-refractivity contribution in [1.82, 2.24) is 14.8 Å². The summed E-state index contributed by atoms with van der Waals surface area (Å²) >= 11 is 6.14. The molecule has 4 rings (SSSR count). The monoisotopic (exact) mass is 410 g/mol. The van der Waals surface area contributed by atoms with Gasteiger partial charge in [-0.05, 0) is 50.1 Å². The van der Waals surface area contributed by atoms with E-state index < -0.39 is 5.97 Å². The molecule has 148 valence electrons. The average Bonchev–Trinajstić information content (AvgIpc) is 3.29. The van der Waals surface area contributed by atoms with Gasteiger partial charge in [-0.2, -0.15) is 5.10 Å². The van der Waals surface area contributed by atoms with E-state index >= 15 is 0 Å². The highest BCUT2D eigenvalue weighted by molar-refractivity contribution is 6.33. The molecule has 0 saturated heterocycles. The molecule has 0 spiro atoms. The molecule has 29 heavy (non-hydrogen) atoms. The summed E-state index contributed by atoms with van der Waals surface area (Å²) in [4.78, 5) is 31.0. The number of para-hydroxylation sites is 1. The van der Waals surface area contributed by atoms with Gasteiger partial charge >= 0.3 is 5.97 Å². The van der Waals surface area contributed by atoms with E-state index in [9.17, 15) is 9.59 Å². The van der Waals surface area contributed by atoms with E-state index in [1.54, 1.807) is 21.7 Å². The van der Waals surface area contributed by atoms with Gasteiger partial charge in [-0.1, -0.05) is 29.8 Å². The molecule has 1 aliphatic heterocycles. The van der Waals surface area contributed by atoms with Crippen molar-refractivity contribution in [3.8, 4) is 5.82 Å². The first-order chi connectivity index (χ1) is 13.9. The number of aromatic nitrogens is 3. The standard InChI is InChI=1S/C21H19ClN4O3/c1-13-11-14(2)26(24-13)18-8-7-16(22)20(23-18)21(28)29-12-19(27)25-10-9-15-5-3-4-6-17(15)25/h3-8,11H,9-10,12H2,1-2H3. The molecule has 0 N–H and O–H groups in total. The van der Waals surface area contributed by atoms with Gasteiger partial charge in [0.15, 0.2) is 18.1 Å². The molecule has 0 atom stereocenters. The lowest BCUT2D eigenvalue weighted by molar-refractivity contribution is -0.121. The lowest BCUT2D eigenvalue weighted by atomic mass is 10.2. The van der Waals surface area contributed by atoms with E-state index in [2.05, 4.69) is 10.1 Å². The highest BCUT2D eigenvalue weighted by atomic mass is 35.5. The largest absolute Gasteiger partial charge is 0.451 e. The van der Waals surface area contributed by atoms with Gasteiger partial charge in [-0.15, -0.1) is 0 Å². The maximum Gasteiger partial charge on any atom is 0.359 e. The third-order valence-corrected chi connectivity index (χ3v) is 5.07. The molecule has 0 radical (unpaired) electrons. The van der Waals surface area contributed by atoms with Crippen LogP contribution in [0.3, 0.4) is 0 Å². The summed E-state index contributed by atoms with van der Waals surface area (Å²) in [5.74, 6) is -0.583. The molecule has 1 aromatic carbocycles. The molecule has 0 bridgehead atoms. The number of amides is 1. The van der Waals surface area contributed by atoms with Crippen LogP contribution in [0.25, 0.3) is 5.82 Å². The predicted molar refractivity (Wildman–Crippen MR) is 109 cm³/mol. The molecular formula is C21H19ClN4O3. The molecule has 0 saturated carbocycles. The smallest absolute Gasteiger partial charge is 0.359 e. The van der Waals surface area contributed by atoms with Gasteiger partial charge in [0, 0.05) is 17.9 Å². The predicted octanol–water partition coefficient (Wildman–Crippen LogP) is 3.28. The summed E-state index contributed by atoms with van der Waals surface area (Å²) in [5.41, 5.74) is 3.62. The number of esters is 1. The summed E-state index contributed by atoms with van der Waals surface area (Å²) in [5, 5.41) is 4.51. The van der Waals surface area contributed by atoms with E-state index in [0.29, 0.717) is 12.4 Å². The highest BCUT2D eigenvalue weighted by Gasteiger charge is 2.26. The van der Waals surface area contributed by atoms with Gasteiger partial charge in [0.25, 0.3) is 5.91 Å². The Morgan fingerprint density at radius 3 is 2.72 bits per heavy atom. The first-order valence-corrected chi connectivity index (χ1v) is 9.57. The first-order valence-electron chi connectivity index (χ1n) is 9.19. The van der Waals surface area contributed by atoms with Gasteiger partial charge in [-0.25, -0.2) is 14.5 Å². The highest BCUT2D eigenvalue weighted by Crippen LogP contribution is 2.27. The van der Waals surface area contributed by atoms with Crippen LogP contribution in [0.2, 0.25) is 5.02 Å². The third kappa shape index (κ3) is 3.73. The van der Waals surface area contributed by atoms with Crippen molar-refractivity contribution in [2.45, 2.75) is 20.3 Å². The number of fused-ring (bicyclic) bond motifs is 1. The SMILES string of the molecule is Cc1cc(C)n(-c2ccc(Cl)c(C(=O)OCC(=O)N3CCc4ccccc43)n2)n1. The van der Waals surface area contributed by atoms with Crippen molar-refractivity contribution in [3.05, 3.63) is 70.1 Å². The number of carbonyl (C=O) groups is 2. The number of pyridine rings is 1. The lowest BCUT2D eigenvalue weighted by Gasteiger charge is -2.17. The van der Waals surface area contributed by atoms with Crippen LogP contribution in [0.15, 0.2) is 42.5 Å². The van der Waals surface area contributed by atoms with Crippen LogP contribution in [0, 0.1) is 13.8 Å². The zero-order valence-electron chi connectivity index (χ0n) is 16.1. The van der Waals surface area contributed by atoms with Gasteiger partial charge in [0.05, 0.1) is 10.7 Å². The first kappa shape index (κ1) is 19.1. The molecule has 1 amide bonds. The summed E-state index contributed by atoms with van der Waals surface area (Å²) < 4.78 is 6.84. The Bertz CT molecular complexity index is 1110. The van der Waals surface area contributed by atoms with E-state index in [1.165, 1.54) is 0 Å². The second-order valence-corrected chi connectivity index (χ2v) is 7.25. The molecule has 8 heteroatoms. The van der Waals surface area contributed by atoms with E-state index in [-0.39, 0.29) is 23.2 Å². The zero-order valence-corrected chi connectivity index (χ0v) is 16.8. The Morgan fingerprint density at radius 1 is 1.17 bits per heavy atom. The second kappa shape index (κ2) is 7.67. The topological polar surface area (TPSA) is 77.3 Å². The number of ether oxygens (including phenoxy) is 1. The van der Waals surface area contributed by atoms with Crippen LogP contribution in [0.4, 0.5) is 5.69 Å². The Labute approximate surface area is 172 Å². The minimum atomic E-state index is -0.751. The van der Waals surface area contributed by atoms with Crippen molar-refractivity contribution in [2.24, 2.45) is 0 Å². The number of benzene rings is 1. The Morgan fingerprint density at radius 2 is 1.97 bits per heavy atom. The van der Waals surface area contributed by atoms with Crippen molar-refractivity contribution >= 4 is 29.2 Å². The minimum Gasteiger partial charge on any atom is -0.451 e. The molecule has 3 aromatic rings. The number of rotatable bonds is 4. The number of aryl methyl sites for hydroxylation is 2. The van der Waals surface area contributed by atoms with Crippen molar-refractivity contribution < 1.29 is 14.3 Å². The third-order valence-electron chi connectivity index (χ3n) is 4.77. The minimum absolute atomic E-state index is 0.0497. The Balaban J connectivity index is 1.48. The van der Waals surface area contributed by atoms with Crippen LogP contribution in [0.1, 0.15) is 27.4 Å². The fourth-order valence-electron chi connectivity index (χ4n) is 3.42. The molecule has 0 fully saturated rings. The van der Waals surface area contributed by atoms with E-state index in [1.807, 2.05) is 44.2 Å². The molecule has 1 aliphatic rings. The summed E-state index contributed by atoms with van der Waals surface area (Å²) in [6.07, 6.45) is 0.786. The number of anilines is 1. The van der Waals surface area contributed by atoms with Gasteiger partial charge < -0.3 is 9.64 Å². The Hall–Kier alpha value is -3.19. The van der Waals surface area contributed by atoms with Crippen LogP contribution < -0.4 is 4.90 Å². The Kier molecular flexibility index (Phi) is 5.07. The summed E-state index contributed by atoms with van der Waals surface area (Å²) in [6, 6.07) is 12.8. The number of hydrogen-bond donors (Lipinski definition) is 0. The molecule has 7 nitrogen and oxygen atoms in total. The summed E-state index contributed by atoms with van der Waals surface area (Å²) in [7, 11) is 0. The summed E-state index contributed by atoms with van der Waals surface area (Å²) in [6.45, 7) is 3.95. The normalized spacial score (nSPS) is 12.7. The van der Waals surface area contributed by atoms with Crippen LogP contribution in [0.5, 0.6) is 0 Å². The van der Waals surface area contributed by atoms with Crippen molar-refractivity contribution in [2.75, 3.05) is 18.1 Å². The number of hydrogen-bond acceptors (Lipinski definition) is 5. The maximum absolute atomic E-state index is 12.5. The van der Waals surface area contributed by atoms with Gasteiger partial charge in [0.2, 0.25) is 0 Å². The fourth-order valence-corrected chi connectivity index (χ4v) is 3.61. The number of carbonyl (C=O) groups excluding carboxylic acids is 2. The van der Waals surface area contributed by atoms with Crippen LogP contribution >= 0.6 is 11.6 Å². The van der Waals surface area contributed by atoms with E-state index in [4.69, 9.17) is 16.3 Å². The fraction of sp³-hybridized carbons (Fsp3) is 0.238. The molecular weight excluding hydrogens is 392 g/mol. The van der Waals surface area contributed by atoms with Crippen molar-refractivity contribution in [3.63, 3.8) is 0 Å². The van der Waals surface area contributed by atoms with E-state index in [0.717, 1.165) is 29.1 Å². The molecule has 0 unspecified atom stereocenters.